The number of aromatic hydroxyl groups is 3. The van der Waals surface area contributed by atoms with E-state index >= 15 is 0 Å². The highest BCUT2D eigenvalue weighted by atomic mass is 33.1. The van der Waals surface area contributed by atoms with Crippen LogP contribution in [0.1, 0.15) is 91.4 Å². The molecule has 2 saturated carbocycles. The van der Waals surface area contributed by atoms with Gasteiger partial charge in [-0.15, -0.1) is 0 Å². The summed E-state index contributed by atoms with van der Waals surface area (Å²) in [5.41, 5.74) is 3.13. The predicted octanol–water partition coefficient (Wildman–Crippen LogP) is 6.66. The van der Waals surface area contributed by atoms with Crippen LogP contribution in [0.4, 0.5) is 0 Å². The minimum atomic E-state index is -1.45. The van der Waals surface area contributed by atoms with Gasteiger partial charge in [-0.2, -0.15) is 0 Å². The summed E-state index contributed by atoms with van der Waals surface area (Å²) in [7, 11) is 6.53. The molecule has 0 aromatic heterocycles. The molecule has 10 nitrogen and oxygen atoms in total. The van der Waals surface area contributed by atoms with Crippen LogP contribution in [0.3, 0.4) is 0 Å². The topological polar surface area (TPSA) is 158 Å². The number of benzene rings is 3. The third-order valence-corrected chi connectivity index (χ3v) is 15.6. The second-order valence-corrected chi connectivity index (χ2v) is 17.4. The van der Waals surface area contributed by atoms with Crippen molar-refractivity contribution in [1.82, 2.24) is 0 Å². The van der Waals surface area contributed by atoms with Crippen LogP contribution in [0.15, 0.2) is 30.3 Å². The Balaban J connectivity index is 1.42. The number of phenolic OH excluding ortho intramolecular Hbond substituents is 3. The van der Waals surface area contributed by atoms with Gasteiger partial charge in [0.15, 0.2) is 17.1 Å². The molecule has 0 radical (unpaired) electrons. The van der Waals surface area contributed by atoms with Crippen LogP contribution < -0.4 is 18.9 Å². The van der Waals surface area contributed by atoms with E-state index < -0.39 is 17.6 Å². The Labute approximate surface area is 305 Å². The van der Waals surface area contributed by atoms with Crippen molar-refractivity contribution in [2.45, 2.75) is 91.3 Å². The van der Waals surface area contributed by atoms with E-state index in [1.54, 1.807) is 6.07 Å². The highest BCUT2D eigenvalue weighted by Gasteiger charge is 2.60. The van der Waals surface area contributed by atoms with Gasteiger partial charge in [-0.05, 0) is 85.3 Å². The fraction of sp³-hybridized carbons (Fsp3) is 0.538. The molecule has 51 heavy (non-hydrogen) atoms. The average molecular weight is 739 g/mol. The molecule has 8 rings (SSSR count). The first-order valence-corrected chi connectivity index (χ1v) is 20.3. The third-order valence-electron chi connectivity index (χ3n) is 12.1. The van der Waals surface area contributed by atoms with E-state index in [0.717, 1.165) is 53.5 Å². The normalized spacial score (nSPS) is 30.6. The van der Waals surface area contributed by atoms with Crippen LogP contribution >= 0.6 is 21.6 Å². The number of ether oxygens (including phenoxy) is 4. The number of phenols is 3. The first-order chi connectivity index (χ1) is 24.7. The van der Waals surface area contributed by atoms with E-state index in [1.807, 2.05) is 39.8 Å². The summed E-state index contributed by atoms with van der Waals surface area (Å²) >= 11 is 0. The highest BCUT2D eigenvalue weighted by Crippen LogP contribution is 2.66. The summed E-state index contributed by atoms with van der Waals surface area (Å²) in [6.07, 6.45) is 6.35. The molecule has 2 aliphatic heterocycles. The summed E-state index contributed by atoms with van der Waals surface area (Å²) in [4.78, 5) is 0. The summed E-state index contributed by atoms with van der Waals surface area (Å²) in [6, 6.07) is 8.75. The molecule has 3 aromatic rings. The molecule has 8 atom stereocenters. The lowest BCUT2D eigenvalue weighted by Crippen LogP contribution is -2.57. The van der Waals surface area contributed by atoms with Gasteiger partial charge in [-0.1, -0.05) is 40.5 Å². The maximum atomic E-state index is 12.8. The Kier molecular flexibility index (Phi) is 9.36. The average Bonchev–Trinajstić information content (AvgIpc) is 3.13. The van der Waals surface area contributed by atoms with Crippen molar-refractivity contribution in [3.05, 3.63) is 52.6 Å². The van der Waals surface area contributed by atoms with E-state index in [1.165, 1.54) is 33.1 Å². The van der Waals surface area contributed by atoms with Crippen LogP contribution in [-0.2, 0) is 5.60 Å². The van der Waals surface area contributed by atoms with Crippen molar-refractivity contribution >= 4 is 21.6 Å². The van der Waals surface area contributed by atoms with Crippen LogP contribution in [0.2, 0.25) is 0 Å². The first kappa shape index (κ1) is 34.9. The zero-order chi connectivity index (χ0) is 35.6. The Morgan fingerprint density at radius 3 is 2.51 bits per heavy atom. The fourth-order valence-electron chi connectivity index (χ4n) is 9.84. The molecule has 5 aliphatic rings. The predicted molar refractivity (Wildman–Crippen MR) is 196 cm³/mol. The van der Waals surface area contributed by atoms with Crippen LogP contribution in [0.5, 0.6) is 40.2 Å². The van der Waals surface area contributed by atoms with Gasteiger partial charge in [0.2, 0.25) is 11.5 Å². The first-order valence-electron chi connectivity index (χ1n) is 18.0. The zero-order valence-electron chi connectivity index (χ0n) is 28.8. The van der Waals surface area contributed by atoms with Crippen LogP contribution in [0, 0.1) is 5.92 Å². The van der Waals surface area contributed by atoms with Crippen molar-refractivity contribution in [3.63, 3.8) is 0 Å². The minimum Gasteiger partial charge on any atom is -0.508 e. The van der Waals surface area contributed by atoms with E-state index in [0.29, 0.717) is 35.5 Å². The molecular formula is C39H46O10S2. The lowest BCUT2D eigenvalue weighted by Gasteiger charge is -2.54. The quantitative estimate of drug-likeness (QED) is 0.144. The lowest BCUT2D eigenvalue weighted by molar-refractivity contribution is -0.112. The smallest absolute Gasteiger partial charge is 0.207 e. The summed E-state index contributed by atoms with van der Waals surface area (Å²) in [5, 5.41) is 67.8. The molecule has 0 unspecified atom stereocenters. The number of aliphatic hydroxyl groups is 3. The van der Waals surface area contributed by atoms with Gasteiger partial charge in [0.05, 0.1) is 27.4 Å². The molecule has 274 valence electrons. The molecule has 0 spiro atoms. The zero-order valence-corrected chi connectivity index (χ0v) is 30.5. The van der Waals surface area contributed by atoms with Gasteiger partial charge in [-0.3, -0.25) is 0 Å². The standard InChI is InChI=1S/C39H46O10S2/c1-46-29-16-26(35(43)37(47-2)36(29)44)39-11-10-30-34(38(39)45)33-28(49-39)17-27(48-13-12-40)31-23-9-7-20(42)15-24(23)22(25(18-41)32(31)33)8-6-19-4-3-5-21(14-19)50-51-30/h7,9,15-17,19,21-22,25,30,34,38,40-45H,3-6,8,10-14,18H2,1-2H3/t19-,21+,22-,25+,30+,34-,38-,39+/m1/s1. The second kappa shape index (κ2) is 13.7. The number of hydrogen-bond acceptors (Lipinski definition) is 12. The summed E-state index contributed by atoms with van der Waals surface area (Å²) in [5.74, 6) is -0.0838. The van der Waals surface area contributed by atoms with Gasteiger partial charge >= 0.3 is 0 Å². The largest absolute Gasteiger partial charge is 0.508 e. The van der Waals surface area contributed by atoms with Crippen molar-refractivity contribution in [2.24, 2.45) is 5.92 Å². The van der Waals surface area contributed by atoms with Gasteiger partial charge < -0.3 is 49.6 Å². The van der Waals surface area contributed by atoms with Gasteiger partial charge in [-0.25, -0.2) is 0 Å². The van der Waals surface area contributed by atoms with E-state index in [9.17, 15) is 30.6 Å². The molecule has 12 heteroatoms. The number of methoxy groups -OCH3 is 2. The maximum absolute atomic E-state index is 12.8. The van der Waals surface area contributed by atoms with Gasteiger partial charge in [0, 0.05) is 45.1 Å². The summed E-state index contributed by atoms with van der Waals surface area (Å²) in [6.45, 7) is -0.357. The Hall–Kier alpha value is -3.16. The van der Waals surface area contributed by atoms with E-state index in [-0.39, 0.29) is 71.2 Å². The second-order valence-electron chi connectivity index (χ2n) is 14.6. The maximum Gasteiger partial charge on any atom is 0.207 e. The van der Waals surface area contributed by atoms with E-state index in [2.05, 4.69) is 0 Å². The molecule has 6 N–H and O–H groups in total. The van der Waals surface area contributed by atoms with Crippen molar-refractivity contribution in [1.29, 1.82) is 0 Å². The van der Waals surface area contributed by atoms with Gasteiger partial charge in [0.1, 0.15) is 30.0 Å². The van der Waals surface area contributed by atoms with E-state index in [4.69, 9.17) is 18.9 Å². The molecule has 0 amide bonds. The minimum absolute atomic E-state index is 0.0222. The SMILES string of the molecule is COc1cc([C@@]23CC[C@@H]4SS[C@H]5CCC[C@H](CC[C@@H]6c7cc(O)ccc7-c7c(OCCO)cc(c(c7[C@H]6CO)[C@@H]4[C@H]2O)O3)C5)c(O)c(OC)c1O. The molecule has 6 bridgehead atoms. The van der Waals surface area contributed by atoms with Crippen LogP contribution in [-0.4, -0.2) is 81.3 Å². The molecule has 3 aromatic carbocycles. The monoisotopic (exact) mass is 738 g/mol. The number of hydrogen-bond donors (Lipinski definition) is 6. The molecule has 2 heterocycles. The Morgan fingerprint density at radius 1 is 0.902 bits per heavy atom. The number of rotatable bonds is 7. The fourth-order valence-corrected chi connectivity index (χ4v) is 13.4. The number of fused-ring (bicyclic) bond motifs is 7. The number of aliphatic hydroxyl groups excluding tert-OH is 3. The molecule has 0 saturated heterocycles. The van der Waals surface area contributed by atoms with Gasteiger partial charge in [0.25, 0.3) is 0 Å². The van der Waals surface area contributed by atoms with Crippen molar-refractivity contribution < 1.29 is 49.6 Å². The van der Waals surface area contributed by atoms with Crippen molar-refractivity contribution in [2.75, 3.05) is 34.0 Å². The summed E-state index contributed by atoms with van der Waals surface area (Å²) < 4.78 is 24.3. The van der Waals surface area contributed by atoms with Crippen molar-refractivity contribution in [3.8, 4) is 51.4 Å². The Bertz CT molecular complexity index is 1820. The van der Waals surface area contributed by atoms with Crippen LogP contribution in [0.25, 0.3) is 11.1 Å². The molecule has 3 aliphatic carbocycles. The molecular weight excluding hydrogens is 693 g/mol. The highest BCUT2D eigenvalue weighted by molar-refractivity contribution is 8.77. The third kappa shape index (κ3) is 5.50. The molecule has 2 fully saturated rings. The Morgan fingerprint density at radius 2 is 1.75 bits per heavy atom. The lowest BCUT2D eigenvalue weighted by atomic mass is 9.61.